The second-order valence-corrected chi connectivity index (χ2v) is 5.68. The summed E-state index contributed by atoms with van der Waals surface area (Å²) in [7, 11) is 0. The van der Waals surface area contributed by atoms with Gasteiger partial charge >= 0.3 is 6.03 Å². The van der Waals surface area contributed by atoms with Crippen LogP contribution in [0, 0.1) is 0 Å². The van der Waals surface area contributed by atoms with Crippen molar-refractivity contribution in [2.24, 2.45) is 0 Å². The molecule has 0 aliphatic carbocycles. The molecular formula is C16H22ClN3O2. The fourth-order valence-electron chi connectivity index (χ4n) is 2.60. The van der Waals surface area contributed by atoms with E-state index in [-0.39, 0.29) is 11.9 Å². The van der Waals surface area contributed by atoms with Crippen LogP contribution in [0.5, 0.6) is 0 Å². The lowest BCUT2D eigenvalue weighted by Gasteiger charge is -2.37. The van der Waals surface area contributed by atoms with Gasteiger partial charge in [-0.2, -0.15) is 0 Å². The van der Waals surface area contributed by atoms with Crippen LogP contribution >= 0.6 is 11.6 Å². The highest BCUT2D eigenvalue weighted by Gasteiger charge is 2.26. The van der Waals surface area contributed by atoms with E-state index in [2.05, 4.69) is 0 Å². The maximum Gasteiger partial charge on any atom is 0.320 e. The summed E-state index contributed by atoms with van der Waals surface area (Å²) in [6.07, 6.45) is 0. The molecule has 5 nitrogen and oxygen atoms in total. The average molecular weight is 324 g/mol. The van der Waals surface area contributed by atoms with Crippen LogP contribution in [0.25, 0.3) is 0 Å². The molecule has 1 aliphatic heterocycles. The minimum Gasteiger partial charge on any atom is -0.335 e. The zero-order valence-corrected chi connectivity index (χ0v) is 13.8. The standard InChI is InChI=1S/C16H22ClN3O2/c1-3-18(4-2)16(22)20-10-8-19(9-11-20)15(21)13-6-5-7-14(17)12-13/h5-7,12H,3-4,8-11H2,1-2H3. The molecule has 0 radical (unpaired) electrons. The van der Waals surface area contributed by atoms with Gasteiger partial charge in [-0.25, -0.2) is 4.79 Å². The number of urea groups is 1. The number of piperazine rings is 1. The Morgan fingerprint density at radius 2 is 1.68 bits per heavy atom. The highest BCUT2D eigenvalue weighted by atomic mass is 35.5. The number of carbonyl (C=O) groups excluding carboxylic acids is 2. The van der Waals surface area contributed by atoms with E-state index in [0.717, 1.165) is 0 Å². The monoisotopic (exact) mass is 323 g/mol. The van der Waals surface area contributed by atoms with Crippen molar-refractivity contribution in [2.45, 2.75) is 13.8 Å². The Bertz CT molecular complexity index is 538. The molecule has 1 aromatic carbocycles. The number of hydrogen-bond acceptors (Lipinski definition) is 2. The number of halogens is 1. The van der Waals surface area contributed by atoms with Gasteiger partial charge in [0.1, 0.15) is 0 Å². The molecular weight excluding hydrogens is 302 g/mol. The quantitative estimate of drug-likeness (QED) is 0.858. The van der Waals surface area contributed by atoms with Crippen LogP contribution in [0.4, 0.5) is 4.79 Å². The van der Waals surface area contributed by atoms with Gasteiger partial charge in [0.2, 0.25) is 0 Å². The minimum atomic E-state index is -0.0301. The third kappa shape index (κ3) is 3.71. The van der Waals surface area contributed by atoms with Crippen LogP contribution in [-0.2, 0) is 0 Å². The molecule has 0 N–H and O–H groups in total. The molecule has 6 heteroatoms. The Morgan fingerprint density at radius 1 is 1.09 bits per heavy atom. The fraction of sp³-hybridized carbons (Fsp3) is 0.500. The molecule has 22 heavy (non-hydrogen) atoms. The second kappa shape index (κ2) is 7.49. The summed E-state index contributed by atoms with van der Waals surface area (Å²) >= 11 is 5.93. The Morgan fingerprint density at radius 3 is 2.23 bits per heavy atom. The van der Waals surface area contributed by atoms with E-state index >= 15 is 0 Å². The van der Waals surface area contributed by atoms with E-state index < -0.39 is 0 Å². The fourth-order valence-corrected chi connectivity index (χ4v) is 2.79. The zero-order chi connectivity index (χ0) is 16.1. The summed E-state index contributed by atoms with van der Waals surface area (Å²) in [4.78, 5) is 30.1. The van der Waals surface area contributed by atoms with Crippen LogP contribution in [0.15, 0.2) is 24.3 Å². The van der Waals surface area contributed by atoms with E-state index in [4.69, 9.17) is 11.6 Å². The summed E-state index contributed by atoms with van der Waals surface area (Å²) in [5, 5.41) is 0.557. The molecule has 1 saturated heterocycles. The Labute approximate surface area is 136 Å². The van der Waals surface area contributed by atoms with Gasteiger partial charge in [0.25, 0.3) is 5.91 Å². The lowest BCUT2D eigenvalue weighted by molar-refractivity contribution is 0.0641. The summed E-state index contributed by atoms with van der Waals surface area (Å²) in [5.74, 6) is -0.0301. The molecule has 1 heterocycles. The Hall–Kier alpha value is -1.75. The third-order valence-electron chi connectivity index (χ3n) is 3.94. The zero-order valence-electron chi connectivity index (χ0n) is 13.1. The van der Waals surface area contributed by atoms with Crippen LogP contribution < -0.4 is 0 Å². The molecule has 0 bridgehead atoms. The number of carbonyl (C=O) groups is 2. The first-order valence-electron chi connectivity index (χ1n) is 7.65. The van der Waals surface area contributed by atoms with E-state index in [9.17, 15) is 9.59 Å². The lowest BCUT2D eigenvalue weighted by Crippen LogP contribution is -2.54. The molecule has 0 aromatic heterocycles. The molecule has 1 aliphatic rings. The van der Waals surface area contributed by atoms with Gasteiger partial charge in [0.05, 0.1) is 0 Å². The molecule has 0 saturated carbocycles. The van der Waals surface area contributed by atoms with Gasteiger partial charge in [0, 0.05) is 49.9 Å². The van der Waals surface area contributed by atoms with Crippen molar-refractivity contribution in [1.82, 2.24) is 14.7 Å². The normalized spacial score (nSPS) is 14.9. The summed E-state index contributed by atoms with van der Waals surface area (Å²) < 4.78 is 0. The largest absolute Gasteiger partial charge is 0.335 e. The van der Waals surface area contributed by atoms with Crippen molar-refractivity contribution >= 4 is 23.5 Å². The molecule has 0 spiro atoms. The summed E-state index contributed by atoms with van der Waals surface area (Å²) in [6.45, 7) is 7.61. The van der Waals surface area contributed by atoms with E-state index in [1.165, 1.54) is 0 Å². The van der Waals surface area contributed by atoms with Crippen molar-refractivity contribution in [3.05, 3.63) is 34.9 Å². The van der Waals surface area contributed by atoms with Crippen molar-refractivity contribution in [1.29, 1.82) is 0 Å². The van der Waals surface area contributed by atoms with Gasteiger partial charge in [-0.05, 0) is 32.0 Å². The number of benzene rings is 1. The van der Waals surface area contributed by atoms with Crippen LogP contribution in [0.3, 0.4) is 0 Å². The highest BCUT2D eigenvalue weighted by Crippen LogP contribution is 2.14. The maximum absolute atomic E-state index is 12.4. The first kappa shape index (κ1) is 16.6. The van der Waals surface area contributed by atoms with Gasteiger partial charge in [0.15, 0.2) is 0 Å². The van der Waals surface area contributed by atoms with Gasteiger partial charge in [-0.3, -0.25) is 4.79 Å². The number of amides is 3. The predicted octanol–water partition coefficient (Wildman–Crippen LogP) is 2.56. The molecule has 2 rings (SSSR count). The molecule has 0 unspecified atom stereocenters. The predicted molar refractivity (Wildman–Crippen MR) is 87.2 cm³/mol. The molecule has 0 atom stereocenters. The highest BCUT2D eigenvalue weighted by molar-refractivity contribution is 6.30. The van der Waals surface area contributed by atoms with Crippen LogP contribution in [0.1, 0.15) is 24.2 Å². The summed E-state index contributed by atoms with van der Waals surface area (Å²) in [6, 6.07) is 7.02. The first-order valence-corrected chi connectivity index (χ1v) is 8.03. The van der Waals surface area contributed by atoms with Crippen molar-refractivity contribution in [2.75, 3.05) is 39.3 Å². The molecule has 1 fully saturated rings. The molecule has 3 amide bonds. The minimum absolute atomic E-state index is 0.0301. The third-order valence-corrected chi connectivity index (χ3v) is 4.18. The Kier molecular flexibility index (Phi) is 5.66. The van der Waals surface area contributed by atoms with Gasteiger partial charge in [-0.15, -0.1) is 0 Å². The number of nitrogens with zero attached hydrogens (tertiary/aromatic N) is 3. The topological polar surface area (TPSA) is 43.9 Å². The maximum atomic E-state index is 12.4. The smallest absolute Gasteiger partial charge is 0.320 e. The molecule has 1 aromatic rings. The number of rotatable bonds is 3. The van der Waals surface area contributed by atoms with Crippen LogP contribution in [-0.4, -0.2) is 65.9 Å². The van der Waals surface area contributed by atoms with Crippen LogP contribution in [0.2, 0.25) is 5.02 Å². The van der Waals surface area contributed by atoms with Crippen molar-refractivity contribution in [3.63, 3.8) is 0 Å². The lowest BCUT2D eigenvalue weighted by atomic mass is 10.2. The SMILES string of the molecule is CCN(CC)C(=O)N1CCN(C(=O)c2cccc(Cl)c2)CC1. The number of hydrogen-bond donors (Lipinski definition) is 0. The second-order valence-electron chi connectivity index (χ2n) is 5.24. The van der Waals surface area contributed by atoms with Gasteiger partial charge < -0.3 is 14.7 Å². The summed E-state index contributed by atoms with van der Waals surface area (Å²) in [5.41, 5.74) is 0.594. The van der Waals surface area contributed by atoms with E-state index in [1.807, 2.05) is 18.7 Å². The Balaban J connectivity index is 1.94. The van der Waals surface area contributed by atoms with Gasteiger partial charge in [-0.1, -0.05) is 17.7 Å². The molecule has 120 valence electrons. The van der Waals surface area contributed by atoms with Crippen molar-refractivity contribution in [3.8, 4) is 0 Å². The first-order chi connectivity index (χ1) is 10.6. The van der Waals surface area contributed by atoms with E-state index in [1.54, 1.807) is 34.1 Å². The van der Waals surface area contributed by atoms with Crippen molar-refractivity contribution < 1.29 is 9.59 Å². The average Bonchev–Trinajstić information content (AvgIpc) is 2.55. The van der Waals surface area contributed by atoms with E-state index in [0.29, 0.717) is 49.9 Å².